The summed E-state index contributed by atoms with van der Waals surface area (Å²) < 4.78 is 10.4. The van der Waals surface area contributed by atoms with Crippen molar-refractivity contribution in [2.24, 2.45) is 0 Å². The van der Waals surface area contributed by atoms with Crippen molar-refractivity contribution in [2.45, 2.75) is 39.7 Å². The van der Waals surface area contributed by atoms with Crippen molar-refractivity contribution in [3.05, 3.63) is 58.5 Å². The summed E-state index contributed by atoms with van der Waals surface area (Å²) >= 11 is 0. The zero-order valence-corrected chi connectivity index (χ0v) is 17.2. The first-order valence-corrected chi connectivity index (χ1v) is 9.46. The molecule has 30 heavy (non-hydrogen) atoms. The molecule has 1 saturated heterocycles. The summed E-state index contributed by atoms with van der Waals surface area (Å²) in [5.41, 5.74) is 2.43. The predicted molar refractivity (Wildman–Crippen MR) is 105 cm³/mol. The zero-order chi connectivity index (χ0) is 22.1. The Hall–Kier alpha value is -3.62. The zero-order valence-electron chi connectivity index (χ0n) is 17.2. The van der Waals surface area contributed by atoms with E-state index < -0.39 is 36.0 Å². The number of aryl methyl sites for hydroxylation is 2. The Morgan fingerprint density at radius 3 is 2.37 bits per heavy atom. The van der Waals surface area contributed by atoms with Gasteiger partial charge in [0.2, 0.25) is 0 Å². The van der Waals surface area contributed by atoms with Crippen LogP contribution in [0.2, 0.25) is 0 Å². The highest BCUT2D eigenvalue weighted by Crippen LogP contribution is 2.31. The van der Waals surface area contributed by atoms with Crippen LogP contribution >= 0.6 is 0 Å². The summed E-state index contributed by atoms with van der Waals surface area (Å²) in [5.74, 6) is -1.18. The maximum Gasteiger partial charge on any atom is 0.344 e. The molecule has 0 aliphatic carbocycles. The number of hydrogen-bond donors (Lipinski definition) is 2. The SMILES string of the molecule is CC[C@@]1(c2ccccc2)NC(=O)N(NC(=O)COC(=O)c2c(C)oc(C)c2C)C1=O. The third kappa shape index (κ3) is 3.54. The number of carbonyl (C=O) groups excluding carboxylic acids is 4. The number of nitrogens with one attached hydrogen (secondary N) is 2. The van der Waals surface area contributed by atoms with Crippen LogP contribution in [0.1, 0.15) is 46.3 Å². The van der Waals surface area contributed by atoms with Crippen LogP contribution in [0.15, 0.2) is 34.7 Å². The number of hydrogen-bond acceptors (Lipinski definition) is 6. The molecule has 0 saturated carbocycles. The van der Waals surface area contributed by atoms with Crippen LogP contribution < -0.4 is 10.7 Å². The number of carbonyl (C=O) groups is 4. The van der Waals surface area contributed by atoms with Gasteiger partial charge in [-0.15, -0.1) is 0 Å². The summed E-state index contributed by atoms with van der Waals surface area (Å²) in [6, 6.07) is 8.01. The lowest BCUT2D eigenvalue weighted by molar-refractivity contribution is -0.140. The van der Waals surface area contributed by atoms with Crippen LogP contribution in [0, 0.1) is 20.8 Å². The Morgan fingerprint density at radius 1 is 1.13 bits per heavy atom. The van der Waals surface area contributed by atoms with E-state index in [0.717, 1.165) is 0 Å². The van der Waals surface area contributed by atoms with Gasteiger partial charge in [0, 0.05) is 5.56 Å². The third-order valence-corrected chi connectivity index (χ3v) is 5.22. The van der Waals surface area contributed by atoms with E-state index in [9.17, 15) is 19.2 Å². The average molecular weight is 413 g/mol. The van der Waals surface area contributed by atoms with E-state index in [0.29, 0.717) is 34.1 Å². The van der Waals surface area contributed by atoms with Gasteiger partial charge in [0.25, 0.3) is 11.8 Å². The number of urea groups is 1. The molecule has 158 valence electrons. The number of esters is 1. The number of furan rings is 1. The van der Waals surface area contributed by atoms with Crippen molar-refractivity contribution < 1.29 is 28.3 Å². The molecule has 2 N–H and O–H groups in total. The van der Waals surface area contributed by atoms with Crippen molar-refractivity contribution >= 4 is 23.8 Å². The van der Waals surface area contributed by atoms with E-state index in [2.05, 4.69) is 10.7 Å². The molecule has 0 spiro atoms. The minimum Gasteiger partial charge on any atom is -0.465 e. The lowest BCUT2D eigenvalue weighted by Gasteiger charge is -2.25. The smallest absolute Gasteiger partial charge is 0.344 e. The first kappa shape index (κ1) is 21.1. The van der Waals surface area contributed by atoms with Gasteiger partial charge in [-0.05, 0) is 32.8 Å². The lowest BCUT2D eigenvalue weighted by atomic mass is 9.87. The van der Waals surface area contributed by atoms with Crippen LogP contribution in [0.4, 0.5) is 4.79 Å². The molecule has 1 atom stereocenters. The van der Waals surface area contributed by atoms with Gasteiger partial charge in [0.1, 0.15) is 22.6 Å². The van der Waals surface area contributed by atoms with Gasteiger partial charge in [0.05, 0.1) is 0 Å². The number of hydrazine groups is 1. The van der Waals surface area contributed by atoms with Crippen molar-refractivity contribution in [2.75, 3.05) is 6.61 Å². The topological polar surface area (TPSA) is 118 Å². The molecule has 2 aromatic rings. The predicted octanol–water partition coefficient (Wildman–Crippen LogP) is 2.25. The normalized spacial score (nSPS) is 18.3. The van der Waals surface area contributed by atoms with Crippen molar-refractivity contribution in [3.63, 3.8) is 0 Å². The first-order chi connectivity index (χ1) is 14.2. The second-order valence-electron chi connectivity index (χ2n) is 7.02. The fourth-order valence-electron chi connectivity index (χ4n) is 3.49. The quantitative estimate of drug-likeness (QED) is 0.554. The molecule has 0 unspecified atom stereocenters. The number of amides is 4. The fourth-order valence-corrected chi connectivity index (χ4v) is 3.49. The molecule has 9 heteroatoms. The van der Waals surface area contributed by atoms with Gasteiger partial charge in [-0.1, -0.05) is 37.3 Å². The molecule has 1 aromatic heterocycles. The molecule has 1 aliphatic heterocycles. The molecule has 4 amide bonds. The number of rotatable bonds is 6. The molecule has 9 nitrogen and oxygen atoms in total. The highest BCUT2D eigenvalue weighted by atomic mass is 16.5. The molecule has 2 heterocycles. The summed E-state index contributed by atoms with van der Waals surface area (Å²) in [6.45, 7) is 6.15. The number of ether oxygens (including phenoxy) is 1. The molecule has 1 aromatic carbocycles. The van der Waals surface area contributed by atoms with Gasteiger partial charge in [-0.25, -0.2) is 9.59 Å². The molecule has 1 aliphatic rings. The van der Waals surface area contributed by atoms with Gasteiger partial charge in [0.15, 0.2) is 6.61 Å². The molecular weight excluding hydrogens is 390 g/mol. The molecule has 3 rings (SSSR count). The fraction of sp³-hybridized carbons (Fsp3) is 0.333. The maximum atomic E-state index is 13.0. The lowest BCUT2D eigenvalue weighted by Crippen LogP contribution is -2.49. The second-order valence-corrected chi connectivity index (χ2v) is 7.02. The second kappa shape index (κ2) is 8.02. The minimum atomic E-state index is -1.27. The van der Waals surface area contributed by atoms with Crippen molar-refractivity contribution in [1.29, 1.82) is 0 Å². The monoisotopic (exact) mass is 413 g/mol. The third-order valence-electron chi connectivity index (χ3n) is 5.22. The Labute approximate surface area is 173 Å². The van der Waals surface area contributed by atoms with Crippen molar-refractivity contribution in [3.8, 4) is 0 Å². The Bertz CT molecular complexity index is 1010. The largest absolute Gasteiger partial charge is 0.465 e. The maximum absolute atomic E-state index is 13.0. The van der Waals surface area contributed by atoms with E-state index >= 15 is 0 Å². The van der Waals surface area contributed by atoms with E-state index in [1.807, 2.05) is 0 Å². The number of benzene rings is 1. The van der Waals surface area contributed by atoms with Crippen LogP contribution in [-0.2, 0) is 19.9 Å². The highest BCUT2D eigenvalue weighted by molar-refractivity contribution is 6.08. The van der Waals surface area contributed by atoms with E-state index in [1.54, 1.807) is 58.0 Å². The van der Waals surface area contributed by atoms with Gasteiger partial charge >= 0.3 is 12.0 Å². The van der Waals surface area contributed by atoms with E-state index in [-0.39, 0.29) is 5.56 Å². The molecule has 0 bridgehead atoms. The summed E-state index contributed by atoms with van der Waals surface area (Å²) in [7, 11) is 0. The first-order valence-electron chi connectivity index (χ1n) is 9.46. The molecule has 0 radical (unpaired) electrons. The van der Waals surface area contributed by atoms with Crippen LogP contribution in [0.5, 0.6) is 0 Å². The molecule has 1 fully saturated rings. The Kier molecular flexibility index (Phi) is 5.64. The van der Waals surface area contributed by atoms with Crippen LogP contribution in [0.3, 0.4) is 0 Å². The average Bonchev–Trinajstić information content (AvgIpc) is 3.13. The number of nitrogens with zero attached hydrogens (tertiary/aromatic N) is 1. The molecular formula is C21H23N3O6. The summed E-state index contributed by atoms with van der Waals surface area (Å²) in [6.07, 6.45) is 0.293. The summed E-state index contributed by atoms with van der Waals surface area (Å²) in [4.78, 5) is 49.9. The van der Waals surface area contributed by atoms with Crippen LogP contribution in [0.25, 0.3) is 0 Å². The van der Waals surface area contributed by atoms with Gasteiger partial charge in [-0.2, -0.15) is 5.01 Å². The number of imide groups is 1. The Morgan fingerprint density at radius 2 is 1.80 bits per heavy atom. The van der Waals surface area contributed by atoms with Gasteiger partial charge in [-0.3, -0.25) is 15.0 Å². The minimum absolute atomic E-state index is 0.254. The standard InChI is InChI=1S/C21H23N3O6/c1-5-21(15-9-7-6-8-10-15)19(27)24(20(28)22-21)23-16(25)11-29-18(26)17-12(2)13(3)30-14(17)4/h6-10H,5,11H2,1-4H3,(H,22,28)(H,23,25)/t21-/m0/s1. The van der Waals surface area contributed by atoms with E-state index in [4.69, 9.17) is 9.15 Å². The summed E-state index contributed by atoms with van der Waals surface area (Å²) in [5, 5.41) is 3.27. The van der Waals surface area contributed by atoms with E-state index in [1.165, 1.54) is 0 Å². The highest BCUT2D eigenvalue weighted by Gasteiger charge is 2.52. The van der Waals surface area contributed by atoms with Crippen LogP contribution in [-0.4, -0.2) is 35.4 Å². The Balaban J connectivity index is 1.67. The van der Waals surface area contributed by atoms with Crippen molar-refractivity contribution in [1.82, 2.24) is 15.8 Å². The van der Waals surface area contributed by atoms with Gasteiger partial charge < -0.3 is 14.5 Å².